The fourth-order valence-electron chi connectivity index (χ4n) is 3.62. The number of carbonyl (C=O) groups is 1. The summed E-state index contributed by atoms with van der Waals surface area (Å²) in [5, 5.41) is 0. The number of piperazine rings is 1. The molecule has 7 nitrogen and oxygen atoms in total. The Balaban J connectivity index is 1.59. The number of aliphatic imine (C=N–C) groups is 1. The molecule has 4 rings (SSSR count). The molecule has 0 bridgehead atoms. The minimum atomic E-state index is 0.116. The highest BCUT2D eigenvalue weighted by molar-refractivity contribution is 6.14. The molecule has 0 spiro atoms. The molecular weight excluding hydrogens is 354 g/mol. The summed E-state index contributed by atoms with van der Waals surface area (Å²) >= 11 is 0. The number of benzene rings is 1. The number of rotatable bonds is 5. The van der Waals surface area contributed by atoms with E-state index in [4.69, 9.17) is 9.73 Å². The Morgan fingerprint density at radius 1 is 1.18 bits per heavy atom. The van der Waals surface area contributed by atoms with Gasteiger partial charge in [0.1, 0.15) is 17.9 Å². The van der Waals surface area contributed by atoms with Gasteiger partial charge < -0.3 is 14.5 Å². The van der Waals surface area contributed by atoms with E-state index in [0.29, 0.717) is 19.6 Å². The molecule has 3 heterocycles. The fourth-order valence-corrected chi connectivity index (χ4v) is 3.62. The minimum Gasteiger partial charge on any atom is -0.491 e. The molecule has 0 aliphatic carbocycles. The summed E-state index contributed by atoms with van der Waals surface area (Å²) in [7, 11) is 0. The van der Waals surface area contributed by atoms with Crippen LogP contribution in [-0.4, -0.2) is 58.8 Å². The standard InChI is InChI=1S/C21H25N5O2/c1-4-25-7-8-26(12-20(25)27)19-10-18(23-13-24-19)21-17-9-16(28-14(2)3)6-5-15(17)11-22-21/h5-6,9-10,13-14H,4,7-8,11-12H2,1-3H3. The number of nitrogens with zero attached hydrogens (tertiary/aromatic N) is 5. The summed E-state index contributed by atoms with van der Waals surface area (Å²) in [5.74, 6) is 1.73. The zero-order chi connectivity index (χ0) is 19.7. The van der Waals surface area contributed by atoms with Crippen molar-refractivity contribution in [3.05, 3.63) is 47.4 Å². The monoisotopic (exact) mass is 379 g/mol. The first-order valence-corrected chi connectivity index (χ1v) is 9.74. The Bertz CT molecular complexity index is 925. The SMILES string of the molecule is CCN1CCN(c2cc(C3=NCc4ccc(OC(C)C)cc43)ncn2)CC1=O. The number of hydrogen-bond acceptors (Lipinski definition) is 6. The van der Waals surface area contributed by atoms with Crippen LogP contribution in [0.25, 0.3) is 0 Å². The van der Waals surface area contributed by atoms with Crippen molar-refractivity contribution in [3.63, 3.8) is 0 Å². The molecule has 7 heteroatoms. The number of likely N-dealkylation sites (N-methyl/N-ethyl adjacent to an activating group) is 1. The molecular formula is C21H25N5O2. The maximum atomic E-state index is 12.2. The minimum absolute atomic E-state index is 0.116. The second-order valence-corrected chi connectivity index (χ2v) is 7.31. The number of amides is 1. The smallest absolute Gasteiger partial charge is 0.242 e. The summed E-state index contributed by atoms with van der Waals surface area (Å²) in [5.41, 5.74) is 3.84. The molecule has 0 saturated carbocycles. The molecule has 2 aliphatic rings. The molecule has 1 aromatic heterocycles. The summed E-state index contributed by atoms with van der Waals surface area (Å²) < 4.78 is 5.84. The van der Waals surface area contributed by atoms with Crippen LogP contribution in [0.3, 0.4) is 0 Å². The summed E-state index contributed by atoms with van der Waals surface area (Å²) in [4.78, 5) is 29.7. The van der Waals surface area contributed by atoms with Crippen LogP contribution < -0.4 is 9.64 Å². The van der Waals surface area contributed by atoms with E-state index in [0.717, 1.165) is 47.2 Å². The van der Waals surface area contributed by atoms with E-state index in [1.54, 1.807) is 6.33 Å². The van der Waals surface area contributed by atoms with E-state index in [-0.39, 0.29) is 12.0 Å². The number of carbonyl (C=O) groups excluding carboxylic acids is 1. The average Bonchev–Trinajstić information content (AvgIpc) is 3.11. The van der Waals surface area contributed by atoms with Crippen LogP contribution >= 0.6 is 0 Å². The molecule has 0 N–H and O–H groups in total. The average molecular weight is 379 g/mol. The van der Waals surface area contributed by atoms with Crippen molar-refractivity contribution < 1.29 is 9.53 Å². The first-order valence-electron chi connectivity index (χ1n) is 9.74. The Morgan fingerprint density at radius 2 is 2.04 bits per heavy atom. The maximum absolute atomic E-state index is 12.2. The molecule has 28 heavy (non-hydrogen) atoms. The quantitative estimate of drug-likeness (QED) is 0.797. The first-order chi connectivity index (χ1) is 13.5. The van der Waals surface area contributed by atoms with Crippen molar-refractivity contribution in [2.45, 2.75) is 33.4 Å². The lowest BCUT2D eigenvalue weighted by atomic mass is 10.0. The molecule has 146 valence electrons. The number of ether oxygens (including phenoxy) is 1. The van der Waals surface area contributed by atoms with Crippen molar-refractivity contribution in [1.29, 1.82) is 0 Å². The van der Waals surface area contributed by atoms with E-state index < -0.39 is 0 Å². The van der Waals surface area contributed by atoms with Gasteiger partial charge in [0.25, 0.3) is 0 Å². The van der Waals surface area contributed by atoms with Crippen LogP contribution in [0.2, 0.25) is 0 Å². The van der Waals surface area contributed by atoms with Crippen LogP contribution in [0, 0.1) is 0 Å². The lowest BCUT2D eigenvalue weighted by Crippen LogP contribution is -2.50. The topological polar surface area (TPSA) is 70.9 Å². The van der Waals surface area contributed by atoms with Crippen molar-refractivity contribution in [3.8, 4) is 5.75 Å². The van der Waals surface area contributed by atoms with Gasteiger partial charge in [0.2, 0.25) is 5.91 Å². The summed E-state index contributed by atoms with van der Waals surface area (Å²) in [6.45, 7) is 9.25. The predicted octanol–water partition coefficient (Wildman–Crippen LogP) is 2.28. The highest BCUT2D eigenvalue weighted by Gasteiger charge is 2.25. The lowest BCUT2D eigenvalue weighted by Gasteiger charge is -2.34. The highest BCUT2D eigenvalue weighted by Crippen LogP contribution is 2.28. The lowest BCUT2D eigenvalue weighted by molar-refractivity contribution is -0.130. The van der Waals surface area contributed by atoms with Gasteiger partial charge in [-0.3, -0.25) is 9.79 Å². The van der Waals surface area contributed by atoms with Crippen LogP contribution in [0.4, 0.5) is 5.82 Å². The molecule has 2 aliphatic heterocycles. The van der Waals surface area contributed by atoms with Gasteiger partial charge in [0.15, 0.2) is 0 Å². The third-order valence-electron chi connectivity index (χ3n) is 5.04. The largest absolute Gasteiger partial charge is 0.491 e. The number of anilines is 1. The van der Waals surface area contributed by atoms with Crippen molar-refractivity contribution in [2.75, 3.05) is 31.1 Å². The van der Waals surface area contributed by atoms with E-state index in [2.05, 4.69) is 16.0 Å². The molecule has 0 radical (unpaired) electrons. The number of fused-ring (bicyclic) bond motifs is 1. The summed E-state index contributed by atoms with van der Waals surface area (Å²) in [6.07, 6.45) is 1.67. The van der Waals surface area contributed by atoms with Gasteiger partial charge in [0, 0.05) is 31.3 Å². The second-order valence-electron chi connectivity index (χ2n) is 7.31. The first kappa shape index (κ1) is 18.4. The molecule has 1 amide bonds. The van der Waals surface area contributed by atoms with E-state index in [9.17, 15) is 4.79 Å². The van der Waals surface area contributed by atoms with E-state index in [1.165, 1.54) is 0 Å². The Labute approximate surface area is 165 Å². The molecule has 0 atom stereocenters. The number of hydrogen-bond donors (Lipinski definition) is 0. The zero-order valence-corrected chi connectivity index (χ0v) is 16.6. The highest BCUT2D eigenvalue weighted by atomic mass is 16.5. The number of aromatic nitrogens is 2. The van der Waals surface area contributed by atoms with Crippen LogP contribution in [-0.2, 0) is 11.3 Å². The normalized spacial score (nSPS) is 16.4. The van der Waals surface area contributed by atoms with Gasteiger partial charge >= 0.3 is 0 Å². The van der Waals surface area contributed by atoms with Gasteiger partial charge in [-0.05, 0) is 38.5 Å². The molecule has 1 aromatic carbocycles. The molecule has 2 aromatic rings. The van der Waals surface area contributed by atoms with Gasteiger partial charge in [0.05, 0.1) is 30.6 Å². The Morgan fingerprint density at radius 3 is 2.79 bits per heavy atom. The third-order valence-corrected chi connectivity index (χ3v) is 5.04. The van der Waals surface area contributed by atoms with Crippen LogP contribution in [0.5, 0.6) is 5.75 Å². The van der Waals surface area contributed by atoms with Crippen LogP contribution in [0.15, 0.2) is 35.6 Å². The van der Waals surface area contributed by atoms with Gasteiger partial charge in [-0.2, -0.15) is 0 Å². The van der Waals surface area contributed by atoms with E-state index >= 15 is 0 Å². The van der Waals surface area contributed by atoms with Crippen molar-refractivity contribution in [2.24, 2.45) is 4.99 Å². The van der Waals surface area contributed by atoms with Gasteiger partial charge in [-0.25, -0.2) is 9.97 Å². The van der Waals surface area contributed by atoms with Gasteiger partial charge in [-0.15, -0.1) is 0 Å². The zero-order valence-electron chi connectivity index (χ0n) is 16.6. The van der Waals surface area contributed by atoms with Crippen molar-refractivity contribution >= 4 is 17.4 Å². The Hall–Kier alpha value is -2.96. The molecule has 0 unspecified atom stereocenters. The molecule has 1 saturated heterocycles. The maximum Gasteiger partial charge on any atom is 0.242 e. The second kappa shape index (κ2) is 7.58. The Kier molecular flexibility index (Phi) is 4.98. The predicted molar refractivity (Wildman–Crippen MR) is 108 cm³/mol. The van der Waals surface area contributed by atoms with E-state index in [1.807, 2.05) is 48.8 Å². The van der Waals surface area contributed by atoms with Gasteiger partial charge in [-0.1, -0.05) is 6.07 Å². The van der Waals surface area contributed by atoms with Crippen LogP contribution in [0.1, 0.15) is 37.6 Å². The molecule has 1 fully saturated rings. The summed E-state index contributed by atoms with van der Waals surface area (Å²) in [6, 6.07) is 8.01. The fraction of sp³-hybridized carbons (Fsp3) is 0.429. The van der Waals surface area contributed by atoms with Crippen molar-refractivity contribution in [1.82, 2.24) is 14.9 Å². The third kappa shape index (κ3) is 3.56.